The summed E-state index contributed by atoms with van der Waals surface area (Å²) in [5.41, 5.74) is -0.808. The van der Waals surface area contributed by atoms with Crippen LogP contribution in [-0.4, -0.2) is 53.7 Å². The van der Waals surface area contributed by atoms with Crippen molar-refractivity contribution in [3.05, 3.63) is 32.6 Å². The van der Waals surface area contributed by atoms with Gasteiger partial charge in [-0.15, -0.1) is 0 Å². The van der Waals surface area contributed by atoms with E-state index in [0.29, 0.717) is 5.56 Å². The van der Waals surface area contributed by atoms with Gasteiger partial charge < -0.3 is 14.9 Å². The van der Waals surface area contributed by atoms with Crippen LogP contribution >= 0.6 is 0 Å². The molecule has 2 heterocycles. The Bertz CT molecular complexity index is 726. The number of carboxylic acids is 1. The van der Waals surface area contributed by atoms with Crippen LogP contribution in [0.2, 0.25) is 0 Å². The highest BCUT2D eigenvalue weighted by Gasteiger charge is 2.36. The summed E-state index contributed by atoms with van der Waals surface area (Å²) in [4.78, 5) is 35.8. The van der Waals surface area contributed by atoms with Crippen LogP contribution in [-0.2, 0) is 20.3 Å². The first kappa shape index (κ1) is 17.6. The third-order valence-corrected chi connectivity index (χ3v) is 4.91. The number of nitrogens with zero attached hydrogens (tertiary/aromatic N) is 1. The summed E-state index contributed by atoms with van der Waals surface area (Å²) in [6, 6.07) is 0. The Balaban J connectivity index is 2.05. The van der Waals surface area contributed by atoms with Gasteiger partial charge in [-0.2, -0.15) is 0 Å². The first-order valence-electron chi connectivity index (χ1n) is 7.00. The van der Waals surface area contributed by atoms with Gasteiger partial charge in [0.1, 0.15) is 6.23 Å². The molecule has 23 heavy (non-hydrogen) atoms. The van der Waals surface area contributed by atoms with Crippen molar-refractivity contribution in [3.8, 4) is 0 Å². The lowest BCUT2D eigenvalue weighted by Gasteiger charge is -2.16. The average Bonchev–Trinajstić information content (AvgIpc) is 2.81. The highest BCUT2D eigenvalue weighted by Crippen LogP contribution is 2.28. The van der Waals surface area contributed by atoms with Gasteiger partial charge in [-0.05, 0) is 6.92 Å². The van der Waals surface area contributed by atoms with Crippen molar-refractivity contribution in [3.63, 3.8) is 0 Å². The van der Waals surface area contributed by atoms with Crippen molar-refractivity contribution in [2.24, 2.45) is 0 Å². The van der Waals surface area contributed by atoms with Crippen molar-refractivity contribution in [1.82, 2.24) is 9.55 Å². The number of aromatic nitrogens is 2. The first-order chi connectivity index (χ1) is 10.8. The molecule has 1 unspecified atom stereocenters. The summed E-state index contributed by atoms with van der Waals surface area (Å²) in [5.74, 6) is -1.08. The SMILES string of the molecule is Cc1cn([C@H]2C[C@H](O)[C@@H](CS(=O)CCC(=O)O)O2)c(=O)[nH]c1=O. The Hall–Kier alpha value is -1.78. The van der Waals surface area contributed by atoms with Crippen LogP contribution in [0.25, 0.3) is 0 Å². The van der Waals surface area contributed by atoms with E-state index in [2.05, 4.69) is 4.98 Å². The van der Waals surface area contributed by atoms with Gasteiger partial charge in [-0.1, -0.05) is 0 Å². The lowest BCUT2D eigenvalue weighted by atomic mass is 10.2. The minimum Gasteiger partial charge on any atom is -0.481 e. The molecule has 0 saturated carbocycles. The summed E-state index contributed by atoms with van der Waals surface area (Å²) in [5, 5.41) is 18.6. The second-order valence-electron chi connectivity index (χ2n) is 5.37. The number of nitrogens with one attached hydrogen (secondary N) is 1. The standard InChI is InChI=1S/C13H18N2O7S/c1-7-5-15(13(20)14-12(7)19)10-4-8(16)9(22-10)6-23(21)3-2-11(17)18/h5,8-10,16H,2-4,6H2,1H3,(H,17,18)(H,14,19,20)/t8-,9+,10+,23?/m0/s1. The Labute approximate surface area is 133 Å². The molecule has 1 aliphatic heterocycles. The fraction of sp³-hybridized carbons (Fsp3) is 0.615. The van der Waals surface area contributed by atoms with E-state index >= 15 is 0 Å². The molecule has 9 nitrogen and oxygen atoms in total. The third-order valence-electron chi connectivity index (χ3n) is 3.55. The number of rotatable bonds is 6. The largest absolute Gasteiger partial charge is 0.481 e. The molecule has 1 saturated heterocycles. The van der Waals surface area contributed by atoms with E-state index in [9.17, 15) is 23.7 Å². The number of ether oxygens (including phenoxy) is 1. The minimum atomic E-state index is -1.45. The fourth-order valence-electron chi connectivity index (χ4n) is 2.30. The molecular weight excluding hydrogens is 328 g/mol. The number of aliphatic carboxylic acids is 1. The number of carbonyl (C=O) groups is 1. The van der Waals surface area contributed by atoms with Gasteiger partial charge in [0.15, 0.2) is 0 Å². The van der Waals surface area contributed by atoms with Crippen LogP contribution in [0.15, 0.2) is 15.8 Å². The predicted molar refractivity (Wildman–Crippen MR) is 80.7 cm³/mol. The second kappa shape index (κ2) is 7.20. The van der Waals surface area contributed by atoms with E-state index in [-0.39, 0.29) is 24.3 Å². The summed E-state index contributed by atoms with van der Waals surface area (Å²) >= 11 is 0. The molecule has 0 aliphatic carbocycles. The molecule has 2 rings (SSSR count). The number of carboxylic acid groups (broad SMARTS) is 1. The van der Waals surface area contributed by atoms with Crippen LogP contribution < -0.4 is 11.2 Å². The van der Waals surface area contributed by atoms with Crippen LogP contribution in [0.1, 0.15) is 24.6 Å². The quantitative estimate of drug-likeness (QED) is 0.583. The number of aromatic amines is 1. The molecule has 1 fully saturated rings. The third kappa shape index (κ3) is 4.36. The molecule has 0 bridgehead atoms. The maximum atomic E-state index is 11.8. The number of H-pyrrole nitrogens is 1. The van der Waals surface area contributed by atoms with Crippen LogP contribution in [0.3, 0.4) is 0 Å². The van der Waals surface area contributed by atoms with Crippen molar-refractivity contribution in [2.45, 2.75) is 38.2 Å². The molecule has 0 amide bonds. The molecule has 3 N–H and O–H groups in total. The van der Waals surface area contributed by atoms with Gasteiger partial charge in [0, 0.05) is 34.7 Å². The van der Waals surface area contributed by atoms with E-state index in [1.165, 1.54) is 10.8 Å². The van der Waals surface area contributed by atoms with Gasteiger partial charge in [0.2, 0.25) is 0 Å². The second-order valence-corrected chi connectivity index (χ2v) is 6.99. The molecule has 1 aromatic heterocycles. The highest BCUT2D eigenvalue weighted by atomic mass is 32.2. The average molecular weight is 346 g/mol. The molecule has 0 spiro atoms. The topological polar surface area (TPSA) is 139 Å². The van der Waals surface area contributed by atoms with E-state index in [1.54, 1.807) is 6.92 Å². The number of aliphatic hydroxyl groups is 1. The summed E-state index contributed by atoms with van der Waals surface area (Å²) in [7, 11) is -1.45. The lowest BCUT2D eigenvalue weighted by Crippen LogP contribution is -2.33. The Kier molecular flexibility index (Phi) is 5.50. The van der Waals surface area contributed by atoms with Gasteiger partial charge in [-0.3, -0.25) is 23.3 Å². The molecule has 128 valence electrons. The maximum Gasteiger partial charge on any atom is 0.330 e. The lowest BCUT2D eigenvalue weighted by molar-refractivity contribution is -0.136. The van der Waals surface area contributed by atoms with E-state index in [1.807, 2.05) is 0 Å². The Morgan fingerprint density at radius 1 is 1.52 bits per heavy atom. The summed E-state index contributed by atoms with van der Waals surface area (Å²) in [6.07, 6.45) is -1.21. The molecule has 10 heteroatoms. The van der Waals surface area contributed by atoms with Crippen molar-refractivity contribution in [2.75, 3.05) is 11.5 Å². The van der Waals surface area contributed by atoms with E-state index in [4.69, 9.17) is 9.84 Å². The summed E-state index contributed by atoms with van der Waals surface area (Å²) in [6.45, 7) is 1.54. The first-order valence-corrected chi connectivity index (χ1v) is 8.49. The smallest absolute Gasteiger partial charge is 0.330 e. The number of hydrogen-bond donors (Lipinski definition) is 3. The van der Waals surface area contributed by atoms with Gasteiger partial charge in [0.25, 0.3) is 5.56 Å². The zero-order valence-corrected chi connectivity index (χ0v) is 13.2. The molecule has 0 aromatic carbocycles. The normalized spacial score (nSPS) is 25.4. The van der Waals surface area contributed by atoms with Gasteiger partial charge in [-0.25, -0.2) is 4.79 Å². The minimum absolute atomic E-state index is 0.0119. The maximum absolute atomic E-state index is 11.8. The highest BCUT2D eigenvalue weighted by molar-refractivity contribution is 7.85. The van der Waals surface area contributed by atoms with Crippen molar-refractivity contribution >= 4 is 16.8 Å². The number of hydrogen-bond acceptors (Lipinski definition) is 6. The molecule has 1 aliphatic rings. The fourth-order valence-corrected chi connectivity index (χ4v) is 3.54. The monoisotopic (exact) mass is 346 g/mol. The van der Waals surface area contributed by atoms with Gasteiger partial charge in [0.05, 0.1) is 24.4 Å². The van der Waals surface area contributed by atoms with Crippen molar-refractivity contribution in [1.29, 1.82) is 0 Å². The molecule has 0 radical (unpaired) electrons. The van der Waals surface area contributed by atoms with Gasteiger partial charge >= 0.3 is 11.7 Å². The van der Waals surface area contributed by atoms with E-state index in [0.717, 1.165) is 0 Å². The van der Waals surface area contributed by atoms with Crippen molar-refractivity contribution < 1.29 is 24.0 Å². The zero-order valence-electron chi connectivity index (χ0n) is 12.4. The molecule has 1 aromatic rings. The van der Waals surface area contributed by atoms with Crippen LogP contribution in [0.5, 0.6) is 0 Å². The molecule has 4 atom stereocenters. The number of aryl methyl sites for hydroxylation is 1. The van der Waals surface area contributed by atoms with Crippen LogP contribution in [0, 0.1) is 6.92 Å². The summed E-state index contributed by atoms with van der Waals surface area (Å²) < 4.78 is 18.5. The number of aliphatic hydroxyl groups excluding tert-OH is 1. The Morgan fingerprint density at radius 3 is 2.87 bits per heavy atom. The Morgan fingerprint density at radius 2 is 2.22 bits per heavy atom. The van der Waals surface area contributed by atoms with Crippen LogP contribution in [0.4, 0.5) is 0 Å². The predicted octanol–water partition coefficient (Wildman–Crippen LogP) is -1.28. The van der Waals surface area contributed by atoms with E-state index < -0.39 is 46.5 Å². The zero-order chi connectivity index (χ0) is 17.1. The molecular formula is C13H18N2O7S.